The van der Waals surface area contributed by atoms with E-state index >= 15 is 0 Å². The summed E-state index contributed by atoms with van der Waals surface area (Å²) in [5.41, 5.74) is 0. The quantitative estimate of drug-likeness (QED) is 0.573. The van der Waals surface area contributed by atoms with E-state index in [1.165, 1.54) is 4.90 Å². The minimum Gasteiger partial charge on any atom is -0.355 e. The molecule has 1 aromatic carbocycles. The Labute approximate surface area is 126 Å². The third-order valence-corrected chi connectivity index (χ3v) is 3.61. The minimum atomic E-state index is 0. The maximum atomic E-state index is 11.5. The first-order valence-corrected chi connectivity index (χ1v) is 7.23. The summed E-state index contributed by atoms with van der Waals surface area (Å²) in [4.78, 5) is 12.8. The molecule has 0 aromatic heterocycles. The molecule has 1 rings (SSSR count). The molecule has 0 fully saturated rings. The van der Waals surface area contributed by atoms with E-state index in [0.717, 1.165) is 19.5 Å². The van der Waals surface area contributed by atoms with E-state index in [4.69, 9.17) is 0 Å². The largest absolute Gasteiger partial charge is 0.355 e. The molecule has 0 aliphatic rings. The van der Waals surface area contributed by atoms with Gasteiger partial charge in [-0.2, -0.15) is 0 Å². The van der Waals surface area contributed by atoms with Gasteiger partial charge in [0.25, 0.3) is 0 Å². The van der Waals surface area contributed by atoms with Gasteiger partial charge in [0.05, 0.1) is 0 Å². The zero-order chi connectivity index (χ0) is 13.2. The monoisotopic (exact) mass is 302 g/mol. The Morgan fingerprint density at radius 3 is 2.63 bits per heavy atom. The molecule has 0 bridgehead atoms. The van der Waals surface area contributed by atoms with Gasteiger partial charge in [-0.1, -0.05) is 25.1 Å². The second-order valence-corrected chi connectivity index (χ2v) is 5.76. The topological polar surface area (TPSA) is 41.1 Å². The number of hydrogen-bond donors (Lipinski definition) is 2. The van der Waals surface area contributed by atoms with Crippen molar-refractivity contribution in [3.8, 4) is 0 Å². The van der Waals surface area contributed by atoms with Gasteiger partial charge in [-0.05, 0) is 32.1 Å². The number of nitrogens with one attached hydrogen (secondary N) is 2. The van der Waals surface area contributed by atoms with Crippen molar-refractivity contribution < 1.29 is 4.79 Å². The fourth-order valence-electron chi connectivity index (χ4n) is 1.54. The van der Waals surface area contributed by atoms with Crippen molar-refractivity contribution in [3.63, 3.8) is 0 Å². The number of hydrogen-bond acceptors (Lipinski definition) is 3. The molecule has 108 valence electrons. The molecular weight excluding hydrogens is 280 g/mol. The molecule has 1 amide bonds. The molecule has 0 spiro atoms. The van der Waals surface area contributed by atoms with Gasteiger partial charge < -0.3 is 10.6 Å². The molecule has 1 aromatic rings. The maximum absolute atomic E-state index is 11.5. The van der Waals surface area contributed by atoms with Gasteiger partial charge >= 0.3 is 0 Å². The number of rotatable bonds is 8. The van der Waals surface area contributed by atoms with Crippen LogP contribution in [0.4, 0.5) is 0 Å². The molecule has 0 radical (unpaired) electrons. The number of halogens is 1. The highest BCUT2D eigenvalue weighted by atomic mass is 35.5. The average Bonchev–Trinajstić information content (AvgIpc) is 2.38. The maximum Gasteiger partial charge on any atom is 0.220 e. The van der Waals surface area contributed by atoms with Crippen molar-refractivity contribution in [1.82, 2.24) is 10.6 Å². The fourth-order valence-corrected chi connectivity index (χ4v) is 2.49. The smallest absolute Gasteiger partial charge is 0.220 e. The number of carbonyl (C=O) groups is 1. The molecule has 19 heavy (non-hydrogen) atoms. The standard InChI is InChI=1S/C14H22N2OS.ClH/c1-12(18-13-7-4-3-5-8-13)11-16-14(17)9-6-10-15-2;/h3-5,7-8,12,15H,6,9-11H2,1-2H3,(H,16,17);1H. The van der Waals surface area contributed by atoms with Gasteiger partial charge in [0, 0.05) is 23.1 Å². The van der Waals surface area contributed by atoms with Crippen LogP contribution >= 0.6 is 24.2 Å². The summed E-state index contributed by atoms with van der Waals surface area (Å²) in [6, 6.07) is 10.3. The number of carbonyl (C=O) groups excluding carboxylic acids is 1. The Bertz CT molecular complexity index is 349. The fraction of sp³-hybridized carbons (Fsp3) is 0.500. The molecule has 1 unspecified atom stereocenters. The van der Waals surface area contributed by atoms with Crippen molar-refractivity contribution in [2.24, 2.45) is 0 Å². The van der Waals surface area contributed by atoms with E-state index in [-0.39, 0.29) is 18.3 Å². The number of amides is 1. The van der Waals surface area contributed by atoms with Crippen molar-refractivity contribution in [2.45, 2.75) is 29.9 Å². The van der Waals surface area contributed by atoms with Gasteiger partial charge in [0.15, 0.2) is 0 Å². The van der Waals surface area contributed by atoms with Crippen molar-refractivity contribution in [2.75, 3.05) is 20.1 Å². The second-order valence-electron chi connectivity index (χ2n) is 4.25. The van der Waals surface area contributed by atoms with Crippen molar-refractivity contribution >= 4 is 30.1 Å². The van der Waals surface area contributed by atoms with Gasteiger partial charge in [0.2, 0.25) is 5.91 Å². The molecule has 0 aliphatic heterocycles. The van der Waals surface area contributed by atoms with Crippen LogP contribution < -0.4 is 10.6 Å². The number of benzene rings is 1. The van der Waals surface area contributed by atoms with Gasteiger partial charge in [-0.3, -0.25) is 4.79 Å². The Morgan fingerprint density at radius 2 is 2.00 bits per heavy atom. The van der Waals surface area contributed by atoms with Crippen LogP contribution in [0.3, 0.4) is 0 Å². The first-order chi connectivity index (χ1) is 8.72. The lowest BCUT2D eigenvalue weighted by atomic mass is 10.3. The zero-order valence-electron chi connectivity index (χ0n) is 11.5. The van der Waals surface area contributed by atoms with Crippen LogP contribution in [0.15, 0.2) is 35.2 Å². The molecule has 2 N–H and O–H groups in total. The van der Waals surface area contributed by atoms with Crippen LogP contribution in [0, 0.1) is 0 Å². The molecule has 0 aliphatic carbocycles. The second kappa shape index (κ2) is 11.1. The van der Waals surface area contributed by atoms with E-state index in [1.807, 2.05) is 25.2 Å². The molecular formula is C14H23ClN2OS. The molecule has 1 atom stereocenters. The Morgan fingerprint density at radius 1 is 1.32 bits per heavy atom. The molecule has 0 heterocycles. The van der Waals surface area contributed by atoms with E-state index in [9.17, 15) is 4.79 Å². The van der Waals surface area contributed by atoms with Crippen LogP contribution in [-0.2, 0) is 4.79 Å². The zero-order valence-corrected chi connectivity index (χ0v) is 13.2. The van der Waals surface area contributed by atoms with Crippen molar-refractivity contribution in [3.05, 3.63) is 30.3 Å². The Balaban J connectivity index is 0.00000324. The lowest BCUT2D eigenvalue weighted by Crippen LogP contribution is -2.29. The summed E-state index contributed by atoms with van der Waals surface area (Å²) in [5.74, 6) is 0.144. The van der Waals surface area contributed by atoms with Crippen LogP contribution in [0.2, 0.25) is 0 Å². The highest BCUT2D eigenvalue weighted by Gasteiger charge is 2.06. The average molecular weight is 303 g/mol. The summed E-state index contributed by atoms with van der Waals surface area (Å²) < 4.78 is 0. The van der Waals surface area contributed by atoms with Crippen LogP contribution in [-0.4, -0.2) is 31.3 Å². The van der Waals surface area contributed by atoms with Crippen LogP contribution in [0.5, 0.6) is 0 Å². The lowest BCUT2D eigenvalue weighted by Gasteiger charge is -2.12. The molecule has 0 saturated heterocycles. The summed E-state index contributed by atoms with van der Waals surface area (Å²) >= 11 is 1.79. The van der Waals surface area contributed by atoms with Crippen LogP contribution in [0.1, 0.15) is 19.8 Å². The molecule has 3 nitrogen and oxygen atoms in total. The summed E-state index contributed by atoms with van der Waals surface area (Å²) in [7, 11) is 1.90. The first kappa shape index (κ1) is 18.3. The SMILES string of the molecule is CNCCCC(=O)NCC(C)Sc1ccccc1.Cl. The summed E-state index contributed by atoms with van der Waals surface area (Å²) in [6.07, 6.45) is 1.49. The third kappa shape index (κ3) is 8.92. The first-order valence-electron chi connectivity index (χ1n) is 6.35. The predicted molar refractivity (Wildman–Crippen MR) is 85.2 cm³/mol. The highest BCUT2D eigenvalue weighted by molar-refractivity contribution is 8.00. The van der Waals surface area contributed by atoms with E-state index < -0.39 is 0 Å². The number of thioether (sulfide) groups is 1. The van der Waals surface area contributed by atoms with E-state index in [1.54, 1.807) is 11.8 Å². The van der Waals surface area contributed by atoms with Gasteiger partial charge in [-0.15, -0.1) is 24.2 Å². The predicted octanol–water partition coefficient (Wildman–Crippen LogP) is 2.70. The molecule has 5 heteroatoms. The summed E-state index contributed by atoms with van der Waals surface area (Å²) in [6.45, 7) is 3.74. The molecule has 0 saturated carbocycles. The van der Waals surface area contributed by atoms with E-state index in [2.05, 4.69) is 29.7 Å². The minimum absolute atomic E-state index is 0. The summed E-state index contributed by atoms with van der Waals surface area (Å²) in [5, 5.41) is 6.40. The lowest BCUT2D eigenvalue weighted by molar-refractivity contribution is -0.121. The highest BCUT2D eigenvalue weighted by Crippen LogP contribution is 2.21. The normalized spacial score (nSPS) is 11.5. The third-order valence-electron chi connectivity index (χ3n) is 2.50. The van der Waals surface area contributed by atoms with Gasteiger partial charge in [0.1, 0.15) is 0 Å². The van der Waals surface area contributed by atoms with Gasteiger partial charge in [-0.25, -0.2) is 0 Å². The van der Waals surface area contributed by atoms with Crippen LogP contribution in [0.25, 0.3) is 0 Å². The van der Waals surface area contributed by atoms with E-state index in [0.29, 0.717) is 11.7 Å². The Kier molecular flexibility index (Phi) is 10.7. The Hall–Kier alpha value is -0.710. The van der Waals surface area contributed by atoms with Crippen molar-refractivity contribution in [1.29, 1.82) is 0 Å².